The highest BCUT2D eigenvalue weighted by Gasteiger charge is 2.19. The average molecular weight is 407 g/mol. The van der Waals surface area contributed by atoms with Crippen molar-refractivity contribution in [2.75, 3.05) is 6.61 Å². The molecule has 3 aromatic rings. The molecular formula is C23H25N3O4. The van der Waals surface area contributed by atoms with E-state index in [2.05, 4.69) is 10.3 Å². The third-order valence-corrected chi connectivity index (χ3v) is 5.00. The lowest BCUT2D eigenvalue weighted by atomic mass is 10.0. The quantitative estimate of drug-likeness (QED) is 0.634. The van der Waals surface area contributed by atoms with Gasteiger partial charge in [-0.15, -0.1) is 0 Å². The summed E-state index contributed by atoms with van der Waals surface area (Å²) in [6, 6.07) is 13.6. The standard InChI is InChI=1S/C23H25N3O4/c1-5-23(3,4)25-20(27)14-30-22(29)16-10-12-17(13-11-16)26-15(2)24-19-9-7-6-8-18(19)21(26)28/h6-13H,5,14H2,1-4H3,(H,25,27). The van der Waals surface area contributed by atoms with Crippen LogP contribution in [0.1, 0.15) is 43.4 Å². The average Bonchev–Trinajstić information content (AvgIpc) is 2.72. The van der Waals surface area contributed by atoms with Crippen molar-refractivity contribution in [3.05, 3.63) is 70.3 Å². The maximum Gasteiger partial charge on any atom is 0.338 e. The summed E-state index contributed by atoms with van der Waals surface area (Å²) in [4.78, 5) is 41.6. The van der Waals surface area contributed by atoms with Crippen LogP contribution in [-0.4, -0.2) is 33.6 Å². The minimum atomic E-state index is -0.605. The topological polar surface area (TPSA) is 90.3 Å². The van der Waals surface area contributed by atoms with Gasteiger partial charge in [-0.1, -0.05) is 19.1 Å². The second-order valence-corrected chi connectivity index (χ2v) is 7.73. The number of benzene rings is 2. The highest BCUT2D eigenvalue weighted by Crippen LogP contribution is 2.14. The number of rotatable bonds is 6. The first-order valence-electron chi connectivity index (χ1n) is 9.79. The Labute approximate surface area is 174 Å². The van der Waals surface area contributed by atoms with Crippen LogP contribution in [0.5, 0.6) is 0 Å². The van der Waals surface area contributed by atoms with E-state index in [4.69, 9.17) is 4.74 Å². The predicted octanol–water partition coefficient (Wildman–Crippen LogP) is 3.16. The summed E-state index contributed by atoms with van der Waals surface area (Å²) in [6.45, 7) is 7.17. The zero-order valence-electron chi connectivity index (χ0n) is 17.6. The van der Waals surface area contributed by atoms with Gasteiger partial charge in [0.05, 0.1) is 22.2 Å². The van der Waals surface area contributed by atoms with Crippen molar-refractivity contribution in [1.29, 1.82) is 0 Å². The summed E-state index contributed by atoms with van der Waals surface area (Å²) < 4.78 is 6.60. The van der Waals surface area contributed by atoms with Crippen molar-refractivity contribution in [2.24, 2.45) is 0 Å². The predicted molar refractivity (Wildman–Crippen MR) is 115 cm³/mol. The Balaban J connectivity index is 1.76. The minimum absolute atomic E-state index is 0.177. The number of aryl methyl sites for hydroxylation is 1. The number of amides is 1. The van der Waals surface area contributed by atoms with Gasteiger partial charge in [0.25, 0.3) is 11.5 Å². The lowest BCUT2D eigenvalue weighted by molar-refractivity contribution is -0.125. The Morgan fingerprint density at radius 2 is 1.77 bits per heavy atom. The largest absolute Gasteiger partial charge is 0.452 e. The zero-order valence-corrected chi connectivity index (χ0v) is 17.6. The number of carbonyl (C=O) groups is 2. The van der Waals surface area contributed by atoms with E-state index in [-0.39, 0.29) is 23.6 Å². The first-order chi connectivity index (χ1) is 14.2. The number of aromatic nitrogens is 2. The number of esters is 1. The van der Waals surface area contributed by atoms with E-state index in [0.29, 0.717) is 28.0 Å². The van der Waals surface area contributed by atoms with Gasteiger partial charge in [-0.2, -0.15) is 0 Å². The number of fused-ring (bicyclic) bond motifs is 1. The fourth-order valence-electron chi connectivity index (χ4n) is 3.01. The minimum Gasteiger partial charge on any atom is -0.452 e. The summed E-state index contributed by atoms with van der Waals surface area (Å²) >= 11 is 0. The number of para-hydroxylation sites is 1. The summed E-state index contributed by atoms with van der Waals surface area (Å²) in [7, 11) is 0. The number of ether oxygens (including phenoxy) is 1. The third-order valence-electron chi connectivity index (χ3n) is 5.00. The van der Waals surface area contributed by atoms with Gasteiger partial charge in [0, 0.05) is 5.54 Å². The molecule has 3 rings (SSSR count). The fraction of sp³-hybridized carbons (Fsp3) is 0.304. The molecule has 0 bridgehead atoms. The Hall–Kier alpha value is -3.48. The lowest BCUT2D eigenvalue weighted by Crippen LogP contribution is -2.44. The smallest absolute Gasteiger partial charge is 0.338 e. The highest BCUT2D eigenvalue weighted by molar-refractivity contribution is 5.91. The van der Waals surface area contributed by atoms with Crippen LogP contribution in [0.4, 0.5) is 0 Å². The van der Waals surface area contributed by atoms with E-state index in [1.807, 2.05) is 26.8 Å². The van der Waals surface area contributed by atoms with Crippen LogP contribution in [0.2, 0.25) is 0 Å². The van der Waals surface area contributed by atoms with Gasteiger partial charge >= 0.3 is 5.97 Å². The molecule has 0 spiro atoms. The van der Waals surface area contributed by atoms with E-state index in [1.165, 1.54) is 4.57 Å². The summed E-state index contributed by atoms with van der Waals surface area (Å²) in [5.74, 6) is -0.410. The Morgan fingerprint density at radius 3 is 2.43 bits per heavy atom. The fourth-order valence-corrected chi connectivity index (χ4v) is 3.01. The Kier molecular flexibility index (Phi) is 6.01. The van der Waals surface area contributed by atoms with E-state index in [0.717, 1.165) is 6.42 Å². The van der Waals surface area contributed by atoms with Crippen molar-refractivity contribution in [3.63, 3.8) is 0 Å². The first kappa shape index (κ1) is 21.2. The molecule has 1 heterocycles. The van der Waals surface area contributed by atoms with Gasteiger partial charge in [-0.3, -0.25) is 14.2 Å². The van der Waals surface area contributed by atoms with Gasteiger partial charge in [-0.05, 0) is 63.6 Å². The highest BCUT2D eigenvalue weighted by atomic mass is 16.5. The molecule has 0 saturated carbocycles. The van der Waals surface area contributed by atoms with Crippen LogP contribution >= 0.6 is 0 Å². The van der Waals surface area contributed by atoms with Crippen molar-refractivity contribution >= 4 is 22.8 Å². The normalized spacial score (nSPS) is 11.3. The Bertz CT molecular complexity index is 1150. The molecule has 0 fully saturated rings. The van der Waals surface area contributed by atoms with Crippen LogP contribution in [0.3, 0.4) is 0 Å². The summed E-state index contributed by atoms with van der Waals surface area (Å²) in [5.41, 5.74) is 0.990. The van der Waals surface area contributed by atoms with Crippen LogP contribution < -0.4 is 10.9 Å². The van der Waals surface area contributed by atoms with Gasteiger partial charge < -0.3 is 10.1 Å². The first-order valence-corrected chi connectivity index (χ1v) is 9.79. The lowest BCUT2D eigenvalue weighted by Gasteiger charge is -2.24. The van der Waals surface area contributed by atoms with Crippen LogP contribution in [0.15, 0.2) is 53.3 Å². The molecule has 1 N–H and O–H groups in total. The molecule has 0 unspecified atom stereocenters. The van der Waals surface area contributed by atoms with Crippen LogP contribution in [-0.2, 0) is 9.53 Å². The van der Waals surface area contributed by atoms with Crippen LogP contribution in [0, 0.1) is 6.92 Å². The van der Waals surface area contributed by atoms with Gasteiger partial charge in [0.2, 0.25) is 0 Å². The Morgan fingerprint density at radius 1 is 1.10 bits per heavy atom. The van der Waals surface area contributed by atoms with Gasteiger partial charge in [0.1, 0.15) is 5.82 Å². The molecule has 0 aliphatic carbocycles. The molecule has 1 amide bonds. The summed E-state index contributed by atoms with van der Waals surface area (Å²) in [6.07, 6.45) is 0.760. The third kappa shape index (κ3) is 4.56. The molecule has 0 aliphatic rings. The summed E-state index contributed by atoms with van der Waals surface area (Å²) in [5, 5.41) is 3.33. The molecule has 7 heteroatoms. The molecule has 2 aromatic carbocycles. The van der Waals surface area contributed by atoms with E-state index < -0.39 is 5.97 Å². The molecule has 156 valence electrons. The monoisotopic (exact) mass is 407 g/mol. The number of hydrogen-bond acceptors (Lipinski definition) is 5. The molecule has 0 radical (unpaired) electrons. The molecule has 30 heavy (non-hydrogen) atoms. The maximum absolute atomic E-state index is 12.9. The number of nitrogens with one attached hydrogen (secondary N) is 1. The second kappa shape index (κ2) is 8.49. The van der Waals surface area contributed by atoms with Gasteiger partial charge in [-0.25, -0.2) is 9.78 Å². The molecule has 0 aliphatic heterocycles. The molecular weight excluding hydrogens is 382 g/mol. The van der Waals surface area contributed by atoms with E-state index in [9.17, 15) is 14.4 Å². The number of nitrogens with zero attached hydrogens (tertiary/aromatic N) is 2. The van der Waals surface area contributed by atoms with Gasteiger partial charge in [0.15, 0.2) is 6.61 Å². The van der Waals surface area contributed by atoms with Crippen LogP contribution in [0.25, 0.3) is 16.6 Å². The molecule has 0 atom stereocenters. The van der Waals surface area contributed by atoms with E-state index in [1.54, 1.807) is 49.4 Å². The number of carbonyl (C=O) groups excluding carboxylic acids is 2. The maximum atomic E-state index is 12.9. The van der Waals surface area contributed by atoms with E-state index >= 15 is 0 Å². The van der Waals surface area contributed by atoms with Crippen molar-refractivity contribution in [1.82, 2.24) is 14.9 Å². The van der Waals surface area contributed by atoms with Crippen molar-refractivity contribution in [2.45, 2.75) is 39.7 Å². The SMILES string of the molecule is CCC(C)(C)NC(=O)COC(=O)c1ccc(-n2c(C)nc3ccccc3c2=O)cc1. The van der Waals surface area contributed by atoms with Crippen molar-refractivity contribution < 1.29 is 14.3 Å². The zero-order chi connectivity index (χ0) is 21.9. The molecule has 1 aromatic heterocycles. The molecule has 0 saturated heterocycles. The molecule has 7 nitrogen and oxygen atoms in total. The van der Waals surface area contributed by atoms with Crippen molar-refractivity contribution in [3.8, 4) is 5.69 Å². The number of hydrogen-bond donors (Lipinski definition) is 1. The second-order valence-electron chi connectivity index (χ2n) is 7.73.